The van der Waals surface area contributed by atoms with Crippen molar-refractivity contribution in [2.45, 2.75) is 26.4 Å². The van der Waals surface area contributed by atoms with Crippen LogP contribution in [-0.2, 0) is 11.3 Å². The minimum atomic E-state index is -0.487. The fraction of sp³-hybridized carbons (Fsp3) is 0.562. The lowest BCUT2D eigenvalue weighted by Gasteiger charge is -2.34. The first-order valence-corrected chi connectivity index (χ1v) is 7.68. The molecule has 5 heteroatoms. The zero-order valence-corrected chi connectivity index (χ0v) is 13.0. The Balaban J connectivity index is 1.84. The molecule has 1 fully saturated rings. The average molecular weight is 290 g/mol. The highest BCUT2D eigenvalue weighted by Gasteiger charge is 2.15. The summed E-state index contributed by atoms with van der Waals surface area (Å²) >= 11 is 0. The first-order chi connectivity index (χ1) is 10.1. The van der Waals surface area contributed by atoms with Gasteiger partial charge in [0.1, 0.15) is 0 Å². The Labute approximate surface area is 127 Å². The summed E-state index contributed by atoms with van der Waals surface area (Å²) in [7, 11) is 0. The largest absolute Gasteiger partial charge is 0.325 e. The van der Waals surface area contributed by atoms with E-state index in [-0.39, 0.29) is 5.91 Å². The first-order valence-electron chi connectivity index (χ1n) is 7.68. The van der Waals surface area contributed by atoms with Crippen molar-refractivity contribution in [3.05, 3.63) is 29.8 Å². The third-order valence-corrected chi connectivity index (χ3v) is 3.95. The van der Waals surface area contributed by atoms with E-state index < -0.39 is 6.04 Å². The van der Waals surface area contributed by atoms with Gasteiger partial charge in [0.05, 0.1) is 6.04 Å². The highest BCUT2D eigenvalue weighted by atomic mass is 16.2. The van der Waals surface area contributed by atoms with E-state index in [1.54, 1.807) is 6.92 Å². The van der Waals surface area contributed by atoms with Crippen molar-refractivity contribution in [1.82, 2.24) is 9.80 Å². The predicted octanol–water partition coefficient (Wildman–Crippen LogP) is 1.11. The van der Waals surface area contributed by atoms with Gasteiger partial charge in [0.2, 0.25) is 5.91 Å². The second kappa shape index (κ2) is 7.54. The van der Waals surface area contributed by atoms with Crippen LogP contribution in [-0.4, -0.2) is 54.5 Å². The van der Waals surface area contributed by atoms with Gasteiger partial charge in [-0.3, -0.25) is 9.69 Å². The fourth-order valence-corrected chi connectivity index (χ4v) is 2.47. The van der Waals surface area contributed by atoms with E-state index in [4.69, 9.17) is 5.73 Å². The normalized spacial score (nSPS) is 18.4. The molecule has 0 radical (unpaired) electrons. The second-order valence-electron chi connectivity index (χ2n) is 5.69. The molecule has 1 aromatic rings. The molecule has 1 aliphatic rings. The molecule has 0 spiro atoms. The lowest BCUT2D eigenvalue weighted by Crippen LogP contribution is -2.45. The molecule has 1 atom stereocenters. The predicted molar refractivity (Wildman–Crippen MR) is 86.1 cm³/mol. The van der Waals surface area contributed by atoms with Gasteiger partial charge in [-0.15, -0.1) is 0 Å². The van der Waals surface area contributed by atoms with E-state index in [9.17, 15) is 4.79 Å². The standard InChI is InChI=1S/C16H26N4O/c1-3-19-8-10-20(11-9-19)12-14-4-6-15(7-5-14)18-16(21)13(2)17/h4-7,13H,3,8-12,17H2,1-2H3,(H,18,21)/t13-/m1/s1. The van der Waals surface area contributed by atoms with Crippen LogP contribution in [0.25, 0.3) is 0 Å². The van der Waals surface area contributed by atoms with Crippen molar-refractivity contribution in [2.24, 2.45) is 5.73 Å². The van der Waals surface area contributed by atoms with Crippen molar-refractivity contribution >= 4 is 11.6 Å². The monoisotopic (exact) mass is 290 g/mol. The summed E-state index contributed by atoms with van der Waals surface area (Å²) < 4.78 is 0. The number of anilines is 1. The summed E-state index contributed by atoms with van der Waals surface area (Å²) in [5.41, 5.74) is 7.62. The molecule has 1 aliphatic heterocycles. The van der Waals surface area contributed by atoms with Gasteiger partial charge in [-0.25, -0.2) is 0 Å². The maximum atomic E-state index is 11.5. The van der Waals surface area contributed by atoms with Gasteiger partial charge in [-0.1, -0.05) is 19.1 Å². The molecular weight excluding hydrogens is 264 g/mol. The molecule has 1 amide bonds. The Kier molecular flexibility index (Phi) is 5.73. The van der Waals surface area contributed by atoms with Gasteiger partial charge in [-0.05, 0) is 31.2 Å². The average Bonchev–Trinajstić information content (AvgIpc) is 2.50. The Morgan fingerprint density at radius 2 is 1.76 bits per heavy atom. The molecule has 116 valence electrons. The summed E-state index contributed by atoms with van der Waals surface area (Å²) in [4.78, 5) is 16.5. The third-order valence-electron chi connectivity index (χ3n) is 3.95. The maximum absolute atomic E-state index is 11.5. The number of nitrogens with two attached hydrogens (primary N) is 1. The molecule has 0 aromatic heterocycles. The molecule has 1 aromatic carbocycles. The molecule has 2 rings (SSSR count). The van der Waals surface area contributed by atoms with Gasteiger partial charge in [0.25, 0.3) is 0 Å². The Morgan fingerprint density at radius 3 is 2.29 bits per heavy atom. The van der Waals surface area contributed by atoms with E-state index in [0.29, 0.717) is 0 Å². The quantitative estimate of drug-likeness (QED) is 0.853. The van der Waals surface area contributed by atoms with E-state index in [0.717, 1.165) is 45.0 Å². The molecular formula is C16H26N4O. The van der Waals surface area contributed by atoms with Crippen LogP contribution in [0.4, 0.5) is 5.69 Å². The summed E-state index contributed by atoms with van der Waals surface area (Å²) in [6.07, 6.45) is 0. The van der Waals surface area contributed by atoms with E-state index in [1.165, 1.54) is 5.56 Å². The number of rotatable bonds is 5. The molecule has 1 heterocycles. The van der Waals surface area contributed by atoms with Crippen molar-refractivity contribution in [1.29, 1.82) is 0 Å². The van der Waals surface area contributed by atoms with E-state index in [1.807, 2.05) is 12.1 Å². The Hall–Kier alpha value is -1.43. The minimum Gasteiger partial charge on any atom is -0.325 e. The number of nitrogens with one attached hydrogen (secondary N) is 1. The molecule has 0 aliphatic carbocycles. The van der Waals surface area contributed by atoms with Gasteiger partial charge in [0, 0.05) is 38.4 Å². The summed E-state index contributed by atoms with van der Waals surface area (Å²) in [6.45, 7) is 10.6. The molecule has 21 heavy (non-hydrogen) atoms. The second-order valence-corrected chi connectivity index (χ2v) is 5.69. The molecule has 0 saturated carbocycles. The fourth-order valence-electron chi connectivity index (χ4n) is 2.47. The Morgan fingerprint density at radius 1 is 1.19 bits per heavy atom. The van der Waals surface area contributed by atoms with Crippen LogP contribution >= 0.6 is 0 Å². The van der Waals surface area contributed by atoms with Crippen molar-refractivity contribution in [2.75, 3.05) is 38.0 Å². The summed E-state index contributed by atoms with van der Waals surface area (Å²) in [5, 5.41) is 2.80. The molecule has 0 bridgehead atoms. The zero-order chi connectivity index (χ0) is 15.2. The Bertz CT molecular complexity index is 450. The summed E-state index contributed by atoms with van der Waals surface area (Å²) in [5.74, 6) is -0.154. The molecule has 1 saturated heterocycles. The zero-order valence-electron chi connectivity index (χ0n) is 13.0. The number of benzene rings is 1. The first kappa shape index (κ1) is 15.9. The van der Waals surface area contributed by atoms with Crippen LogP contribution in [0, 0.1) is 0 Å². The van der Waals surface area contributed by atoms with Crippen LogP contribution in [0.1, 0.15) is 19.4 Å². The van der Waals surface area contributed by atoms with Crippen LogP contribution in [0.5, 0.6) is 0 Å². The van der Waals surface area contributed by atoms with Crippen LogP contribution < -0.4 is 11.1 Å². The van der Waals surface area contributed by atoms with E-state index >= 15 is 0 Å². The number of piperazine rings is 1. The van der Waals surface area contributed by atoms with Gasteiger partial charge in [0.15, 0.2) is 0 Å². The van der Waals surface area contributed by atoms with Crippen LogP contribution in [0.15, 0.2) is 24.3 Å². The van der Waals surface area contributed by atoms with Gasteiger partial charge >= 0.3 is 0 Å². The number of likely N-dealkylation sites (N-methyl/N-ethyl adjacent to an activating group) is 1. The van der Waals surface area contributed by atoms with Crippen molar-refractivity contribution in [3.63, 3.8) is 0 Å². The number of carbonyl (C=O) groups is 1. The lowest BCUT2D eigenvalue weighted by atomic mass is 10.1. The third kappa shape index (κ3) is 4.81. The highest BCUT2D eigenvalue weighted by molar-refractivity contribution is 5.94. The highest BCUT2D eigenvalue weighted by Crippen LogP contribution is 2.13. The van der Waals surface area contributed by atoms with Gasteiger partial charge in [-0.2, -0.15) is 0 Å². The number of hydrogen-bond acceptors (Lipinski definition) is 4. The lowest BCUT2D eigenvalue weighted by molar-refractivity contribution is -0.117. The number of nitrogens with zero attached hydrogens (tertiary/aromatic N) is 2. The van der Waals surface area contributed by atoms with Crippen molar-refractivity contribution < 1.29 is 4.79 Å². The van der Waals surface area contributed by atoms with Crippen LogP contribution in [0.3, 0.4) is 0 Å². The number of hydrogen-bond donors (Lipinski definition) is 2. The van der Waals surface area contributed by atoms with Gasteiger partial charge < -0.3 is 16.0 Å². The van der Waals surface area contributed by atoms with Crippen molar-refractivity contribution in [3.8, 4) is 0 Å². The smallest absolute Gasteiger partial charge is 0.240 e. The topological polar surface area (TPSA) is 61.6 Å². The SMILES string of the molecule is CCN1CCN(Cc2ccc(NC(=O)[C@@H](C)N)cc2)CC1. The number of carbonyl (C=O) groups excluding carboxylic acids is 1. The molecule has 3 N–H and O–H groups in total. The number of amides is 1. The van der Waals surface area contributed by atoms with Crippen LogP contribution in [0.2, 0.25) is 0 Å². The van der Waals surface area contributed by atoms with E-state index in [2.05, 4.69) is 34.2 Å². The molecule has 0 unspecified atom stereocenters. The summed E-state index contributed by atoms with van der Waals surface area (Å²) in [6, 6.07) is 7.54. The maximum Gasteiger partial charge on any atom is 0.240 e. The molecule has 5 nitrogen and oxygen atoms in total. The minimum absolute atomic E-state index is 0.154.